The molecular weight excluding hydrogens is 276 g/mol. The van der Waals surface area contributed by atoms with E-state index in [0.29, 0.717) is 12.5 Å². The fraction of sp³-hybridized carbons (Fsp3) is 0.556. The Bertz CT molecular complexity index is 531. The van der Waals surface area contributed by atoms with Gasteiger partial charge in [-0.1, -0.05) is 29.8 Å². The summed E-state index contributed by atoms with van der Waals surface area (Å²) in [6.07, 6.45) is 2.51. The molecule has 1 aromatic rings. The lowest BCUT2D eigenvalue weighted by Crippen LogP contribution is -2.41. The molecule has 1 aliphatic rings. The normalized spacial score (nSPS) is 15.5. The second-order valence-corrected chi connectivity index (χ2v) is 6.49. The van der Waals surface area contributed by atoms with Crippen LogP contribution in [0, 0.1) is 6.92 Å². The van der Waals surface area contributed by atoms with Crippen molar-refractivity contribution >= 4 is 11.8 Å². The zero-order chi connectivity index (χ0) is 16.3. The van der Waals surface area contributed by atoms with Crippen molar-refractivity contribution < 1.29 is 9.59 Å². The number of benzene rings is 1. The zero-order valence-electron chi connectivity index (χ0n) is 13.9. The van der Waals surface area contributed by atoms with Crippen LogP contribution in [0.4, 0.5) is 0 Å². The van der Waals surface area contributed by atoms with Crippen LogP contribution >= 0.6 is 0 Å². The Morgan fingerprint density at radius 3 is 2.27 bits per heavy atom. The highest BCUT2D eigenvalue weighted by atomic mass is 16.2. The molecule has 0 radical (unpaired) electrons. The third kappa shape index (κ3) is 4.33. The number of carbonyl (C=O) groups excluding carboxylic acids is 2. The van der Waals surface area contributed by atoms with Gasteiger partial charge in [0.25, 0.3) is 0 Å². The molecule has 0 aromatic heterocycles. The van der Waals surface area contributed by atoms with E-state index >= 15 is 0 Å². The van der Waals surface area contributed by atoms with Gasteiger partial charge in [-0.3, -0.25) is 9.59 Å². The molecule has 0 aliphatic heterocycles. The Labute approximate surface area is 132 Å². The molecular formula is C18H26N2O2. The highest BCUT2D eigenvalue weighted by Crippen LogP contribution is 2.30. The van der Waals surface area contributed by atoms with Crippen LogP contribution in [0.15, 0.2) is 24.3 Å². The maximum absolute atomic E-state index is 12.7. The largest absolute Gasteiger partial charge is 0.349 e. The molecule has 0 saturated heterocycles. The summed E-state index contributed by atoms with van der Waals surface area (Å²) in [7, 11) is 0. The number of amides is 2. The summed E-state index contributed by atoms with van der Waals surface area (Å²) in [5.41, 5.74) is 2.15. The van der Waals surface area contributed by atoms with E-state index in [2.05, 4.69) is 19.2 Å². The number of carbonyl (C=O) groups is 2. The first-order chi connectivity index (χ1) is 10.4. The van der Waals surface area contributed by atoms with Crippen LogP contribution in [0.25, 0.3) is 0 Å². The summed E-state index contributed by atoms with van der Waals surface area (Å²) in [5.74, 6) is 0.0118. The predicted molar refractivity (Wildman–Crippen MR) is 87.4 cm³/mol. The SMILES string of the molecule is CC(=O)NC(CC(=O)N(C(C)C)C1CC1)c1ccc(C)cc1. The number of hydrogen-bond donors (Lipinski definition) is 1. The van der Waals surface area contributed by atoms with Gasteiger partial charge in [0, 0.05) is 19.0 Å². The summed E-state index contributed by atoms with van der Waals surface area (Å²) >= 11 is 0. The second-order valence-electron chi connectivity index (χ2n) is 6.49. The molecule has 1 aromatic carbocycles. The van der Waals surface area contributed by atoms with Crippen LogP contribution in [-0.4, -0.2) is 28.8 Å². The van der Waals surface area contributed by atoms with Crippen molar-refractivity contribution in [3.05, 3.63) is 35.4 Å². The Morgan fingerprint density at radius 2 is 1.82 bits per heavy atom. The van der Waals surface area contributed by atoms with Crippen molar-refractivity contribution in [1.29, 1.82) is 0 Å². The summed E-state index contributed by atoms with van der Waals surface area (Å²) in [5, 5.41) is 2.91. The van der Waals surface area contributed by atoms with Crippen LogP contribution < -0.4 is 5.32 Å². The Hall–Kier alpha value is -1.84. The summed E-state index contributed by atoms with van der Waals surface area (Å²) in [4.78, 5) is 26.1. The predicted octanol–water partition coefficient (Wildman–Crippen LogP) is 2.96. The van der Waals surface area contributed by atoms with Gasteiger partial charge in [0.05, 0.1) is 12.5 Å². The van der Waals surface area contributed by atoms with Crippen LogP contribution in [0.3, 0.4) is 0 Å². The number of aryl methyl sites for hydroxylation is 1. The van der Waals surface area contributed by atoms with Crippen LogP contribution in [-0.2, 0) is 9.59 Å². The molecule has 1 atom stereocenters. The standard InChI is InChI=1S/C18H26N2O2/c1-12(2)20(16-9-10-16)18(22)11-17(19-14(4)21)15-7-5-13(3)6-8-15/h5-8,12,16-17H,9-11H2,1-4H3,(H,19,21). The van der Waals surface area contributed by atoms with Gasteiger partial charge in [-0.15, -0.1) is 0 Å². The molecule has 2 rings (SSSR count). The van der Waals surface area contributed by atoms with Crippen molar-refractivity contribution in [1.82, 2.24) is 10.2 Å². The lowest BCUT2D eigenvalue weighted by Gasteiger charge is -2.29. The van der Waals surface area contributed by atoms with Gasteiger partial charge in [-0.05, 0) is 39.2 Å². The Kier molecular flexibility index (Phi) is 5.22. The average Bonchev–Trinajstić information content (AvgIpc) is 3.22. The average molecular weight is 302 g/mol. The third-order valence-electron chi connectivity index (χ3n) is 4.02. The van der Waals surface area contributed by atoms with Gasteiger partial charge in [0.2, 0.25) is 11.8 Å². The van der Waals surface area contributed by atoms with Crippen LogP contribution in [0.1, 0.15) is 57.2 Å². The molecule has 1 fully saturated rings. The molecule has 1 N–H and O–H groups in total. The lowest BCUT2D eigenvalue weighted by atomic mass is 10.0. The first-order valence-corrected chi connectivity index (χ1v) is 8.03. The minimum absolute atomic E-state index is 0.110. The molecule has 1 saturated carbocycles. The molecule has 22 heavy (non-hydrogen) atoms. The molecule has 120 valence electrons. The van der Waals surface area contributed by atoms with E-state index in [9.17, 15) is 9.59 Å². The van der Waals surface area contributed by atoms with Gasteiger partial charge in [-0.25, -0.2) is 0 Å². The van der Waals surface area contributed by atoms with Gasteiger partial charge >= 0.3 is 0 Å². The number of hydrogen-bond acceptors (Lipinski definition) is 2. The minimum atomic E-state index is -0.259. The third-order valence-corrected chi connectivity index (χ3v) is 4.02. The highest BCUT2D eigenvalue weighted by Gasteiger charge is 2.35. The summed E-state index contributed by atoms with van der Waals surface area (Å²) in [6, 6.07) is 8.33. The number of nitrogens with one attached hydrogen (secondary N) is 1. The van der Waals surface area contributed by atoms with Gasteiger partial charge in [0.15, 0.2) is 0 Å². The molecule has 1 aliphatic carbocycles. The van der Waals surface area contributed by atoms with Crippen molar-refractivity contribution in [3.8, 4) is 0 Å². The van der Waals surface area contributed by atoms with E-state index in [4.69, 9.17) is 0 Å². The molecule has 0 spiro atoms. The summed E-state index contributed by atoms with van der Waals surface area (Å²) < 4.78 is 0. The van der Waals surface area contributed by atoms with Crippen molar-refractivity contribution in [2.75, 3.05) is 0 Å². The molecule has 4 nitrogen and oxygen atoms in total. The van der Waals surface area contributed by atoms with E-state index in [0.717, 1.165) is 18.4 Å². The Morgan fingerprint density at radius 1 is 1.23 bits per heavy atom. The van der Waals surface area contributed by atoms with E-state index in [1.54, 1.807) is 0 Å². The topological polar surface area (TPSA) is 49.4 Å². The maximum Gasteiger partial charge on any atom is 0.225 e. The Balaban J connectivity index is 2.13. The van der Waals surface area contributed by atoms with Crippen LogP contribution in [0.5, 0.6) is 0 Å². The monoisotopic (exact) mass is 302 g/mol. The first-order valence-electron chi connectivity index (χ1n) is 8.03. The van der Waals surface area contributed by atoms with Crippen molar-refractivity contribution in [2.24, 2.45) is 0 Å². The summed E-state index contributed by atoms with van der Waals surface area (Å²) in [6.45, 7) is 7.62. The molecule has 0 bridgehead atoms. The molecule has 2 amide bonds. The van der Waals surface area contributed by atoms with Crippen LogP contribution in [0.2, 0.25) is 0 Å². The van der Waals surface area contributed by atoms with E-state index in [1.165, 1.54) is 12.5 Å². The van der Waals surface area contributed by atoms with Crippen molar-refractivity contribution in [2.45, 2.75) is 65.1 Å². The fourth-order valence-corrected chi connectivity index (χ4v) is 2.84. The number of nitrogens with zero attached hydrogens (tertiary/aromatic N) is 1. The highest BCUT2D eigenvalue weighted by molar-refractivity contribution is 5.80. The smallest absolute Gasteiger partial charge is 0.225 e. The number of rotatable bonds is 6. The first kappa shape index (κ1) is 16.5. The minimum Gasteiger partial charge on any atom is -0.349 e. The van der Waals surface area contributed by atoms with Gasteiger partial charge in [0.1, 0.15) is 0 Å². The second kappa shape index (κ2) is 6.95. The van der Waals surface area contributed by atoms with Gasteiger partial charge in [-0.2, -0.15) is 0 Å². The van der Waals surface area contributed by atoms with E-state index in [-0.39, 0.29) is 23.9 Å². The fourth-order valence-electron chi connectivity index (χ4n) is 2.84. The maximum atomic E-state index is 12.7. The van der Waals surface area contributed by atoms with Crippen molar-refractivity contribution in [3.63, 3.8) is 0 Å². The zero-order valence-corrected chi connectivity index (χ0v) is 13.9. The van der Waals surface area contributed by atoms with E-state index < -0.39 is 0 Å². The van der Waals surface area contributed by atoms with Gasteiger partial charge < -0.3 is 10.2 Å². The molecule has 1 unspecified atom stereocenters. The molecule has 0 heterocycles. The lowest BCUT2D eigenvalue weighted by molar-refractivity contribution is -0.134. The quantitative estimate of drug-likeness (QED) is 0.878. The van der Waals surface area contributed by atoms with E-state index in [1.807, 2.05) is 36.1 Å². The molecule has 4 heteroatoms.